The standard InChI is InChI=1S/C16H18O3S/c1-10(2)9-11-3-5-12(6-4-11)14(17)15-13(16(18)19)7-8-20-15/h3-8,10,14,17H,9H2,1-2H3,(H,18,19). The van der Waals surface area contributed by atoms with Gasteiger partial charge in [0, 0.05) is 0 Å². The summed E-state index contributed by atoms with van der Waals surface area (Å²) in [5.74, 6) is -0.418. The summed E-state index contributed by atoms with van der Waals surface area (Å²) in [5, 5.41) is 21.1. The van der Waals surface area contributed by atoms with Crippen LogP contribution in [0.4, 0.5) is 0 Å². The van der Waals surface area contributed by atoms with Gasteiger partial charge in [0.2, 0.25) is 0 Å². The topological polar surface area (TPSA) is 57.5 Å². The highest BCUT2D eigenvalue weighted by Crippen LogP contribution is 2.30. The maximum atomic E-state index is 11.1. The summed E-state index contributed by atoms with van der Waals surface area (Å²) in [4.78, 5) is 11.6. The summed E-state index contributed by atoms with van der Waals surface area (Å²) in [6, 6.07) is 9.25. The first kappa shape index (κ1) is 14.8. The van der Waals surface area contributed by atoms with Crippen molar-refractivity contribution in [1.82, 2.24) is 0 Å². The van der Waals surface area contributed by atoms with Crippen molar-refractivity contribution in [3.63, 3.8) is 0 Å². The summed E-state index contributed by atoms with van der Waals surface area (Å²) < 4.78 is 0. The molecular weight excluding hydrogens is 272 g/mol. The van der Waals surface area contributed by atoms with E-state index in [-0.39, 0.29) is 5.56 Å². The van der Waals surface area contributed by atoms with Gasteiger partial charge >= 0.3 is 5.97 Å². The molecule has 20 heavy (non-hydrogen) atoms. The largest absolute Gasteiger partial charge is 0.478 e. The Kier molecular flexibility index (Phi) is 4.57. The Bertz CT molecular complexity index is 584. The Morgan fingerprint density at radius 2 is 1.85 bits per heavy atom. The molecule has 3 nitrogen and oxygen atoms in total. The molecule has 4 heteroatoms. The van der Waals surface area contributed by atoms with Gasteiger partial charge in [-0.3, -0.25) is 0 Å². The third-order valence-corrected chi connectivity index (χ3v) is 4.08. The molecule has 2 aromatic rings. The van der Waals surface area contributed by atoms with Crippen LogP contribution in [0.2, 0.25) is 0 Å². The van der Waals surface area contributed by atoms with Crippen molar-refractivity contribution in [2.45, 2.75) is 26.4 Å². The monoisotopic (exact) mass is 290 g/mol. The Hall–Kier alpha value is -1.65. The van der Waals surface area contributed by atoms with E-state index in [4.69, 9.17) is 5.11 Å². The van der Waals surface area contributed by atoms with E-state index in [2.05, 4.69) is 13.8 Å². The third kappa shape index (κ3) is 3.26. The second kappa shape index (κ2) is 6.20. The Labute approximate surface area is 122 Å². The van der Waals surface area contributed by atoms with Crippen molar-refractivity contribution >= 4 is 17.3 Å². The zero-order valence-corrected chi connectivity index (χ0v) is 12.4. The molecule has 2 N–H and O–H groups in total. The molecule has 1 aromatic heterocycles. The van der Waals surface area contributed by atoms with Gasteiger partial charge in [-0.05, 0) is 34.9 Å². The number of rotatable bonds is 5. The minimum absolute atomic E-state index is 0.175. The molecule has 0 bridgehead atoms. The average Bonchev–Trinajstić information content (AvgIpc) is 2.87. The van der Waals surface area contributed by atoms with Gasteiger partial charge in [-0.2, -0.15) is 0 Å². The number of benzene rings is 1. The van der Waals surface area contributed by atoms with E-state index in [1.807, 2.05) is 24.3 Å². The number of carbonyl (C=O) groups is 1. The zero-order chi connectivity index (χ0) is 14.7. The lowest BCUT2D eigenvalue weighted by Crippen LogP contribution is -2.05. The summed E-state index contributed by atoms with van der Waals surface area (Å²) in [5.41, 5.74) is 2.12. The lowest BCUT2D eigenvalue weighted by atomic mass is 9.99. The molecule has 0 aliphatic carbocycles. The predicted molar refractivity (Wildman–Crippen MR) is 80.3 cm³/mol. The minimum Gasteiger partial charge on any atom is -0.478 e. The molecule has 2 rings (SSSR count). The fraction of sp³-hybridized carbons (Fsp3) is 0.312. The van der Waals surface area contributed by atoms with Gasteiger partial charge in [-0.25, -0.2) is 4.79 Å². The molecule has 0 spiro atoms. The maximum Gasteiger partial charge on any atom is 0.336 e. The van der Waals surface area contributed by atoms with Gasteiger partial charge in [-0.1, -0.05) is 38.1 Å². The number of aliphatic hydroxyl groups is 1. The molecule has 0 fully saturated rings. The number of hydrogen-bond donors (Lipinski definition) is 2. The number of aliphatic hydroxyl groups excluding tert-OH is 1. The minimum atomic E-state index is -1.00. The van der Waals surface area contributed by atoms with Crippen LogP contribution in [0.25, 0.3) is 0 Å². The molecule has 1 unspecified atom stereocenters. The normalized spacial score (nSPS) is 12.6. The maximum absolute atomic E-state index is 11.1. The highest BCUT2D eigenvalue weighted by atomic mass is 32.1. The van der Waals surface area contributed by atoms with E-state index in [0.29, 0.717) is 10.8 Å². The summed E-state index contributed by atoms with van der Waals surface area (Å²) in [6.07, 6.45) is 0.115. The number of carboxylic acid groups (broad SMARTS) is 1. The van der Waals surface area contributed by atoms with E-state index in [1.165, 1.54) is 23.0 Å². The molecule has 0 amide bonds. The van der Waals surface area contributed by atoms with Crippen LogP contribution in [0, 0.1) is 5.92 Å². The fourth-order valence-electron chi connectivity index (χ4n) is 2.17. The first-order chi connectivity index (χ1) is 9.49. The van der Waals surface area contributed by atoms with Crippen LogP contribution in [0.15, 0.2) is 35.7 Å². The van der Waals surface area contributed by atoms with Crippen LogP contribution < -0.4 is 0 Å². The van der Waals surface area contributed by atoms with Crippen molar-refractivity contribution in [1.29, 1.82) is 0 Å². The van der Waals surface area contributed by atoms with Gasteiger partial charge in [-0.15, -0.1) is 11.3 Å². The molecule has 1 atom stereocenters. The SMILES string of the molecule is CC(C)Cc1ccc(C(O)c2sccc2C(=O)O)cc1. The molecule has 0 aliphatic rings. The van der Waals surface area contributed by atoms with E-state index in [9.17, 15) is 9.90 Å². The molecular formula is C16H18O3S. The van der Waals surface area contributed by atoms with Gasteiger partial charge in [0.1, 0.15) is 6.10 Å². The number of carboxylic acids is 1. The van der Waals surface area contributed by atoms with Crippen LogP contribution >= 0.6 is 11.3 Å². The molecule has 1 aromatic carbocycles. The van der Waals surface area contributed by atoms with Crippen LogP contribution in [-0.2, 0) is 6.42 Å². The van der Waals surface area contributed by atoms with E-state index < -0.39 is 12.1 Å². The third-order valence-electron chi connectivity index (χ3n) is 3.11. The molecule has 0 saturated heterocycles. The second-order valence-corrected chi connectivity index (χ2v) is 6.19. The molecule has 1 heterocycles. The van der Waals surface area contributed by atoms with Crippen molar-refractivity contribution in [3.8, 4) is 0 Å². The highest BCUT2D eigenvalue weighted by Gasteiger charge is 2.20. The first-order valence-corrected chi connectivity index (χ1v) is 7.44. The van der Waals surface area contributed by atoms with Gasteiger partial charge in [0.15, 0.2) is 0 Å². The Morgan fingerprint density at radius 3 is 2.40 bits per heavy atom. The lowest BCUT2D eigenvalue weighted by molar-refractivity contribution is 0.0692. The fourth-order valence-corrected chi connectivity index (χ4v) is 3.07. The first-order valence-electron chi connectivity index (χ1n) is 6.56. The van der Waals surface area contributed by atoms with Crippen LogP contribution in [0.3, 0.4) is 0 Å². The van der Waals surface area contributed by atoms with Gasteiger partial charge in [0.25, 0.3) is 0 Å². The number of hydrogen-bond acceptors (Lipinski definition) is 3. The number of aromatic carboxylic acids is 1. The lowest BCUT2D eigenvalue weighted by Gasteiger charge is -2.12. The Balaban J connectivity index is 2.22. The van der Waals surface area contributed by atoms with Crippen molar-refractivity contribution in [3.05, 3.63) is 57.3 Å². The van der Waals surface area contributed by atoms with E-state index in [0.717, 1.165) is 12.0 Å². The average molecular weight is 290 g/mol. The van der Waals surface area contributed by atoms with Crippen LogP contribution in [0.1, 0.15) is 46.3 Å². The summed E-state index contributed by atoms with van der Waals surface area (Å²) in [6.45, 7) is 4.32. The molecule has 106 valence electrons. The van der Waals surface area contributed by atoms with Crippen molar-refractivity contribution in [2.24, 2.45) is 5.92 Å². The van der Waals surface area contributed by atoms with Crippen molar-refractivity contribution in [2.75, 3.05) is 0 Å². The van der Waals surface area contributed by atoms with Gasteiger partial charge in [0.05, 0.1) is 10.4 Å². The second-order valence-electron chi connectivity index (χ2n) is 5.25. The summed E-state index contributed by atoms with van der Waals surface area (Å²) >= 11 is 1.26. The van der Waals surface area contributed by atoms with Crippen LogP contribution in [-0.4, -0.2) is 16.2 Å². The van der Waals surface area contributed by atoms with Gasteiger partial charge < -0.3 is 10.2 Å². The smallest absolute Gasteiger partial charge is 0.336 e. The quantitative estimate of drug-likeness (QED) is 0.882. The Morgan fingerprint density at radius 1 is 1.20 bits per heavy atom. The van der Waals surface area contributed by atoms with Crippen molar-refractivity contribution < 1.29 is 15.0 Å². The summed E-state index contributed by atoms with van der Waals surface area (Å²) in [7, 11) is 0. The predicted octanol–water partition coefficient (Wildman–Crippen LogP) is 3.73. The number of thiophene rings is 1. The highest BCUT2D eigenvalue weighted by molar-refractivity contribution is 7.10. The van der Waals surface area contributed by atoms with E-state index in [1.54, 1.807) is 5.38 Å². The van der Waals surface area contributed by atoms with E-state index >= 15 is 0 Å². The molecule has 0 radical (unpaired) electrons. The molecule has 0 aliphatic heterocycles. The molecule has 0 saturated carbocycles. The zero-order valence-electron chi connectivity index (χ0n) is 11.5. The van der Waals surface area contributed by atoms with Crippen LogP contribution in [0.5, 0.6) is 0 Å².